The fourth-order valence-corrected chi connectivity index (χ4v) is 6.28. The van der Waals surface area contributed by atoms with E-state index in [4.69, 9.17) is 0 Å². The van der Waals surface area contributed by atoms with Crippen molar-refractivity contribution in [3.05, 3.63) is 95.1 Å². The van der Waals surface area contributed by atoms with E-state index in [-0.39, 0.29) is 5.92 Å². The summed E-state index contributed by atoms with van der Waals surface area (Å²) in [6, 6.07) is 27.0. The average Bonchev–Trinajstić information content (AvgIpc) is 3.17. The second-order valence-corrected chi connectivity index (χ2v) is 9.63. The maximum absolute atomic E-state index is 13.6. The van der Waals surface area contributed by atoms with E-state index in [1.54, 1.807) is 0 Å². The smallest absolute Gasteiger partial charge is 0.166 e. The number of benzene rings is 3. The number of piperidine rings is 2. The van der Waals surface area contributed by atoms with Gasteiger partial charge in [0.1, 0.15) is 0 Å². The maximum Gasteiger partial charge on any atom is 0.166 e. The first-order valence-electron chi connectivity index (χ1n) is 11.8. The van der Waals surface area contributed by atoms with Crippen LogP contribution in [0.2, 0.25) is 0 Å². The molecule has 2 heterocycles. The lowest BCUT2D eigenvalue weighted by Gasteiger charge is -2.48. The molecule has 0 saturated carbocycles. The van der Waals surface area contributed by atoms with Crippen LogP contribution >= 0.6 is 0 Å². The molecule has 156 valence electrons. The topological polar surface area (TPSA) is 20.3 Å². The predicted molar refractivity (Wildman–Crippen MR) is 125 cm³/mol. The van der Waals surface area contributed by atoms with Crippen LogP contribution < -0.4 is 0 Å². The normalized spacial score (nSPS) is 24.5. The van der Waals surface area contributed by atoms with Crippen molar-refractivity contribution in [2.75, 3.05) is 0 Å². The van der Waals surface area contributed by atoms with E-state index in [0.29, 0.717) is 17.9 Å². The fourth-order valence-electron chi connectivity index (χ4n) is 6.28. The van der Waals surface area contributed by atoms with Crippen molar-refractivity contribution in [1.82, 2.24) is 4.90 Å². The summed E-state index contributed by atoms with van der Waals surface area (Å²) in [5.41, 5.74) is 7.65. The molecule has 2 nitrogen and oxygen atoms in total. The molecular formula is C29H29NO. The summed E-state index contributed by atoms with van der Waals surface area (Å²) in [6.45, 7) is 1.02. The minimum absolute atomic E-state index is 0.171. The van der Waals surface area contributed by atoms with Crippen molar-refractivity contribution >= 4 is 5.78 Å². The molecule has 3 aromatic carbocycles. The summed E-state index contributed by atoms with van der Waals surface area (Å²) >= 11 is 0. The minimum atomic E-state index is 0.171. The lowest BCUT2D eigenvalue weighted by atomic mass is 9.75. The van der Waals surface area contributed by atoms with E-state index in [2.05, 4.69) is 77.7 Å². The largest absolute Gasteiger partial charge is 0.294 e. The van der Waals surface area contributed by atoms with Crippen LogP contribution in [0.25, 0.3) is 11.1 Å². The third-order valence-corrected chi connectivity index (χ3v) is 7.78. The average molecular weight is 408 g/mol. The minimum Gasteiger partial charge on any atom is -0.294 e. The zero-order valence-electron chi connectivity index (χ0n) is 18.0. The molecule has 0 spiro atoms. The van der Waals surface area contributed by atoms with E-state index in [1.165, 1.54) is 47.1 Å². The third kappa shape index (κ3) is 3.43. The van der Waals surface area contributed by atoms with Crippen LogP contribution in [0.3, 0.4) is 0 Å². The Labute approximate surface area is 184 Å². The standard InChI is InChI=1S/C29H29NO/c31-29(22-13-14-28-23(16-22)15-21-9-4-5-12-27(21)28)24-17-25-10-6-11-26(18-24)30(25)19-20-7-2-1-3-8-20/h1-5,7-9,12-14,16,24-26H,6,10-11,15,17-19H2. The van der Waals surface area contributed by atoms with Gasteiger partial charge >= 0.3 is 0 Å². The number of Topliss-reactive ketones (excluding diaryl/α,β-unsaturated/α-hetero) is 1. The highest BCUT2D eigenvalue weighted by Gasteiger charge is 2.40. The Morgan fingerprint density at radius 1 is 0.806 bits per heavy atom. The Morgan fingerprint density at radius 2 is 1.52 bits per heavy atom. The van der Waals surface area contributed by atoms with Crippen LogP contribution in [0.5, 0.6) is 0 Å². The van der Waals surface area contributed by atoms with Gasteiger partial charge in [0.05, 0.1) is 0 Å². The quantitative estimate of drug-likeness (QED) is 0.371. The van der Waals surface area contributed by atoms with Gasteiger partial charge < -0.3 is 0 Å². The first-order chi connectivity index (χ1) is 15.3. The van der Waals surface area contributed by atoms with E-state index in [0.717, 1.165) is 31.4 Å². The van der Waals surface area contributed by atoms with Crippen LogP contribution in [-0.2, 0) is 13.0 Å². The van der Waals surface area contributed by atoms with E-state index in [1.807, 2.05) is 0 Å². The molecule has 1 aliphatic carbocycles. The molecule has 0 amide bonds. The summed E-state index contributed by atoms with van der Waals surface area (Å²) in [6.07, 6.45) is 6.74. The van der Waals surface area contributed by atoms with Crippen molar-refractivity contribution in [2.45, 2.75) is 57.2 Å². The molecule has 2 atom stereocenters. The van der Waals surface area contributed by atoms with Gasteiger partial charge in [0, 0.05) is 30.1 Å². The van der Waals surface area contributed by atoms with Gasteiger partial charge in [-0.15, -0.1) is 0 Å². The van der Waals surface area contributed by atoms with Gasteiger partial charge in [0.15, 0.2) is 5.78 Å². The molecule has 3 aliphatic rings. The summed E-state index contributed by atoms with van der Waals surface area (Å²) in [5, 5.41) is 0. The highest BCUT2D eigenvalue weighted by molar-refractivity contribution is 5.99. The van der Waals surface area contributed by atoms with Crippen LogP contribution in [0.15, 0.2) is 72.8 Å². The molecule has 0 radical (unpaired) electrons. The summed E-state index contributed by atoms with van der Waals surface area (Å²) < 4.78 is 0. The van der Waals surface area contributed by atoms with Crippen molar-refractivity contribution < 1.29 is 4.79 Å². The summed E-state index contributed by atoms with van der Waals surface area (Å²) in [4.78, 5) is 16.2. The number of fused-ring (bicyclic) bond motifs is 5. The molecule has 3 aromatic rings. The monoisotopic (exact) mass is 407 g/mol. The SMILES string of the molecule is O=C(c1ccc2c(c1)Cc1ccccc1-2)C1CC2CCCC(C1)N2Cc1ccccc1. The highest BCUT2D eigenvalue weighted by atomic mass is 16.1. The summed E-state index contributed by atoms with van der Waals surface area (Å²) in [5.74, 6) is 0.541. The molecular weight excluding hydrogens is 378 g/mol. The molecule has 31 heavy (non-hydrogen) atoms. The zero-order valence-corrected chi connectivity index (χ0v) is 18.0. The van der Waals surface area contributed by atoms with Crippen molar-refractivity contribution in [3.63, 3.8) is 0 Å². The Kier molecular flexibility index (Phi) is 4.76. The Balaban J connectivity index is 1.21. The van der Waals surface area contributed by atoms with E-state index >= 15 is 0 Å². The molecule has 0 aromatic heterocycles. The summed E-state index contributed by atoms with van der Waals surface area (Å²) in [7, 11) is 0. The molecule has 2 unspecified atom stereocenters. The van der Waals surface area contributed by atoms with Crippen LogP contribution in [-0.4, -0.2) is 22.8 Å². The lowest BCUT2D eigenvalue weighted by molar-refractivity contribution is 0.00906. The van der Waals surface area contributed by atoms with Gasteiger partial charge in [0.25, 0.3) is 0 Å². The van der Waals surface area contributed by atoms with Gasteiger partial charge in [0.2, 0.25) is 0 Å². The molecule has 2 heteroatoms. The van der Waals surface area contributed by atoms with Gasteiger partial charge in [-0.25, -0.2) is 0 Å². The zero-order chi connectivity index (χ0) is 20.8. The number of nitrogens with zero attached hydrogens (tertiary/aromatic N) is 1. The molecule has 6 rings (SSSR count). The van der Waals surface area contributed by atoms with Crippen LogP contribution in [0.1, 0.15) is 59.2 Å². The number of hydrogen-bond acceptors (Lipinski definition) is 2. The number of ketones is 1. The Morgan fingerprint density at radius 3 is 2.32 bits per heavy atom. The number of hydrogen-bond donors (Lipinski definition) is 0. The van der Waals surface area contributed by atoms with Gasteiger partial charge in [-0.1, -0.05) is 73.2 Å². The van der Waals surface area contributed by atoms with Crippen molar-refractivity contribution in [1.29, 1.82) is 0 Å². The number of rotatable bonds is 4. The van der Waals surface area contributed by atoms with E-state index in [9.17, 15) is 4.79 Å². The first-order valence-corrected chi connectivity index (χ1v) is 11.8. The second-order valence-electron chi connectivity index (χ2n) is 9.63. The van der Waals surface area contributed by atoms with Gasteiger partial charge in [-0.2, -0.15) is 0 Å². The third-order valence-electron chi connectivity index (χ3n) is 7.78. The van der Waals surface area contributed by atoms with Crippen molar-refractivity contribution in [2.24, 2.45) is 5.92 Å². The van der Waals surface area contributed by atoms with Crippen LogP contribution in [0.4, 0.5) is 0 Å². The number of carbonyl (C=O) groups excluding carboxylic acids is 1. The highest BCUT2D eigenvalue weighted by Crippen LogP contribution is 2.41. The van der Waals surface area contributed by atoms with Gasteiger partial charge in [-0.05, 0) is 66.0 Å². The predicted octanol–water partition coefficient (Wildman–Crippen LogP) is 6.27. The first kappa shape index (κ1) is 19.0. The molecule has 0 N–H and O–H groups in total. The van der Waals surface area contributed by atoms with Crippen LogP contribution in [0, 0.1) is 5.92 Å². The lowest BCUT2D eigenvalue weighted by Crippen LogP contribution is -2.52. The van der Waals surface area contributed by atoms with Gasteiger partial charge in [-0.3, -0.25) is 9.69 Å². The Bertz CT molecular complexity index is 1100. The number of carbonyl (C=O) groups is 1. The fraction of sp³-hybridized carbons (Fsp3) is 0.345. The second kappa shape index (κ2) is 7.76. The molecule has 2 bridgehead atoms. The Hall–Kier alpha value is -2.71. The maximum atomic E-state index is 13.6. The molecule has 2 saturated heterocycles. The van der Waals surface area contributed by atoms with Crippen molar-refractivity contribution in [3.8, 4) is 11.1 Å². The molecule has 2 aliphatic heterocycles. The van der Waals surface area contributed by atoms with E-state index < -0.39 is 0 Å². The molecule has 2 fully saturated rings.